The zero-order chi connectivity index (χ0) is 41.4. The van der Waals surface area contributed by atoms with Gasteiger partial charge in [-0.2, -0.15) is 0 Å². The number of nitrogens with zero attached hydrogens (tertiary/aromatic N) is 4. The molecule has 0 fully saturated rings. The Morgan fingerprint density at radius 2 is 1.05 bits per heavy atom. The molecule has 0 amide bonds. The Morgan fingerprint density at radius 3 is 1.86 bits per heavy atom. The fraction of sp³-hybridized carbons (Fsp3) is 0. The number of rotatable bonds is 6. The van der Waals surface area contributed by atoms with Crippen LogP contribution in [0.5, 0.6) is 0 Å². The van der Waals surface area contributed by atoms with E-state index in [1.54, 1.807) is 0 Å². The van der Waals surface area contributed by atoms with Gasteiger partial charge in [0.05, 0.1) is 33.5 Å². The van der Waals surface area contributed by atoms with Crippen LogP contribution in [0.2, 0.25) is 0 Å². The van der Waals surface area contributed by atoms with E-state index in [0.717, 1.165) is 83.1 Å². The van der Waals surface area contributed by atoms with Crippen LogP contribution in [0.4, 0.5) is 0 Å². The van der Waals surface area contributed by atoms with E-state index in [0.29, 0.717) is 5.95 Å². The third-order valence-electron chi connectivity index (χ3n) is 12.6. The van der Waals surface area contributed by atoms with Crippen LogP contribution in [0.25, 0.3) is 123 Å². The van der Waals surface area contributed by atoms with E-state index in [-0.39, 0.29) is 0 Å². The first-order valence-electron chi connectivity index (χ1n) is 21.3. The first kappa shape index (κ1) is 35.2. The first-order chi connectivity index (χ1) is 31.3. The molecule has 0 unspecified atom stereocenters. The maximum absolute atomic E-state index is 6.60. The first-order valence-corrected chi connectivity index (χ1v) is 21.3. The van der Waals surface area contributed by atoms with E-state index in [4.69, 9.17) is 14.4 Å². The molecule has 0 saturated carbocycles. The molecule has 294 valence electrons. The number of furan rings is 1. The normalized spacial score (nSPS) is 12.1. The van der Waals surface area contributed by atoms with Crippen molar-refractivity contribution in [2.45, 2.75) is 0 Å². The van der Waals surface area contributed by atoms with E-state index in [1.165, 1.54) is 32.6 Å². The molecule has 13 rings (SSSR count). The van der Waals surface area contributed by atoms with Gasteiger partial charge in [0.15, 0.2) is 0 Å². The maximum Gasteiger partial charge on any atom is 0.235 e. The van der Waals surface area contributed by atoms with Crippen LogP contribution in [-0.2, 0) is 0 Å². The van der Waals surface area contributed by atoms with Gasteiger partial charge in [0.25, 0.3) is 0 Å². The van der Waals surface area contributed by atoms with Crippen molar-refractivity contribution in [1.82, 2.24) is 19.1 Å². The Kier molecular flexibility index (Phi) is 7.84. The lowest BCUT2D eigenvalue weighted by molar-refractivity contribution is 0.670. The molecule has 63 heavy (non-hydrogen) atoms. The number of hydrogen-bond donors (Lipinski definition) is 0. The van der Waals surface area contributed by atoms with Crippen LogP contribution in [-0.4, -0.2) is 19.1 Å². The molecule has 4 aromatic heterocycles. The topological polar surface area (TPSA) is 48.8 Å². The number of benzene rings is 9. The number of para-hydroxylation sites is 6. The van der Waals surface area contributed by atoms with Gasteiger partial charge in [0.2, 0.25) is 5.95 Å². The van der Waals surface area contributed by atoms with Crippen molar-refractivity contribution in [2.75, 3.05) is 0 Å². The average molecular weight is 805 g/mol. The van der Waals surface area contributed by atoms with Gasteiger partial charge >= 0.3 is 0 Å². The van der Waals surface area contributed by atoms with Crippen molar-refractivity contribution in [1.29, 1.82) is 0 Å². The predicted molar refractivity (Wildman–Crippen MR) is 262 cm³/mol. The second-order valence-corrected chi connectivity index (χ2v) is 16.1. The molecule has 9 aromatic carbocycles. The highest BCUT2D eigenvalue weighted by Gasteiger charge is 2.24. The van der Waals surface area contributed by atoms with Crippen LogP contribution in [0.3, 0.4) is 0 Å². The standard InChI is InChI=1S/C58H36N4O/c1-3-18-37(19-4-1)56-44(35-34-38-36-52-54(43-25-8-7-22-40(38)43)47-27-11-15-32-51(47)61(52)39-20-5-2-6-21-39)41-23-10-14-31-50(41)62(56)58-59-49-30-13-9-26-46(49)55(60-58)48-29-17-28-45-42-24-12-16-33-53(42)63-57(45)48/h1-36H/b35-34+. The number of hydrogen-bond acceptors (Lipinski definition) is 3. The molecule has 4 heterocycles. The molecule has 0 aliphatic carbocycles. The number of fused-ring (bicyclic) bond motifs is 10. The van der Waals surface area contributed by atoms with Crippen molar-refractivity contribution in [3.05, 3.63) is 217 Å². The van der Waals surface area contributed by atoms with Gasteiger partial charge in [-0.05, 0) is 70.4 Å². The van der Waals surface area contributed by atoms with Gasteiger partial charge in [0, 0.05) is 49.1 Å². The van der Waals surface area contributed by atoms with E-state index in [1.807, 2.05) is 18.2 Å². The molecule has 0 aliphatic rings. The Labute approximate surface area is 362 Å². The van der Waals surface area contributed by atoms with Crippen molar-refractivity contribution >= 4 is 88.5 Å². The second kappa shape index (κ2) is 14.0. The summed E-state index contributed by atoms with van der Waals surface area (Å²) >= 11 is 0. The van der Waals surface area contributed by atoms with Gasteiger partial charge in [-0.25, -0.2) is 9.97 Å². The van der Waals surface area contributed by atoms with Gasteiger partial charge in [-0.15, -0.1) is 0 Å². The zero-order valence-electron chi connectivity index (χ0n) is 34.0. The molecule has 0 radical (unpaired) electrons. The average Bonchev–Trinajstić information content (AvgIpc) is 4.01. The Balaban J connectivity index is 1.08. The summed E-state index contributed by atoms with van der Waals surface area (Å²) in [7, 11) is 0. The summed E-state index contributed by atoms with van der Waals surface area (Å²) in [4.78, 5) is 10.9. The van der Waals surface area contributed by atoms with Crippen molar-refractivity contribution < 1.29 is 4.42 Å². The van der Waals surface area contributed by atoms with Gasteiger partial charge in [0.1, 0.15) is 11.2 Å². The second-order valence-electron chi connectivity index (χ2n) is 16.1. The molecule has 0 atom stereocenters. The third-order valence-corrected chi connectivity index (χ3v) is 12.6. The minimum absolute atomic E-state index is 0.589. The molecular formula is C58H36N4O. The third kappa shape index (κ3) is 5.43. The Morgan fingerprint density at radius 1 is 0.429 bits per heavy atom. The van der Waals surface area contributed by atoms with Crippen molar-refractivity contribution in [3.63, 3.8) is 0 Å². The molecule has 13 aromatic rings. The van der Waals surface area contributed by atoms with Crippen LogP contribution in [0.15, 0.2) is 211 Å². The molecule has 0 bridgehead atoms. The van der Waals surface area contributed by atoms with Gasteiger partial charge < -0.3 is 8.98 Å². The summed E-state index contributed by atoms with van der Waals surface area (Å²) < 4.78 is 11.2. The molecule has 5 nitrogen and oxygen atoms in total. The molecule has 0 saturated heterocycles. The zero-order valence-corrected chi connectivity index (χ0v) is 34.0. The summed E-state index contributed by atoms with van der Waals surface area (Å²) in [6, 6.07) is 72.7. The SMILES string of the molecule is C(=C\c1c(-c2ccccc2)n(-c2nc(-c3cccc4c3oc3ccccc34)c3ccccc3n2)c2ccccc12)/c1cc2c(c3ccccc13)c1ccccc1n2-c1ccccc1. The summed E-state index contributed by atoms with van der Waals surface area (Å²) in [5.74, 6) is 0.589. The highest BCUT2D eigenvalue weighted by molar-refractivity contribution is 6.23. The molecule has 0 N–H and O–H groups in total. The lowest BCUT2D eigenvalue weighted by atomic mass is 9.97. The molecule has 5 heteroatoms. The predicted octanol–water partition coefficient (Wildman–Crippen LogP) is 15.2. The highest BCUT2D eigenvalue weighted by atomic mass is 16.3. The Bertz CT molecular complexity index is 3970. The van der Waals surface area contributed by atoms with E-state index in [9.17, 15) is 0 Å². The van der Waals surface area contributed by atoms with Crippen LogP contribution in [0, 0.1) is 0 Å². The van der Waals surface area contributed by atoms with E-state index >= 15 is 0 Å². The minimum atomic E-state index is 0.589. The lowest BCUT2D eigenvalue weighted by Crippen LogP contribution is -2.05. The van der Waals surface area contributed by atoms with Crippen LogP contribution < -0.4 is 0 Å². The summed E-state index contributed by atoms with van der Waals surface area (Å²) in [5, 5.41) is 9.13. The monoisotopic (exact) mass is 804 g/mol. The quantitative estimate of drug-likeness (QED) is 0.168. The molecule has 0 spiro atoms. The highest BCUT2D eigenvalue weighted by Crippen LogP contribution is 2.43. The van der Waals surface area contributed by atoms with Crippen LogP contribution >= 0.6 is 0 Å². The smallest absolute Gasteiger partial charge is 0.235 e. The summed E-state index contributed by atoms with van der Waals surface area (Å²) in [6.45, 7) is 0. The van der Waals surface area contributed by atoms with E-state index in [2.05, 4.69) is 209 Å². The fourth-order valence-electron chi connectivity index (χ4n) is 9.85. The van der Waals surface area contributed by atoms with Gasteiger partial charge in [-0.3, -0.25) is 4.57 Å². The summed E-state index contributed by atoms with van der Waals surface area (Å²) in [6.07, 6.45) is 4.59. The Hall–Kier alpha value is -8.54. The van der Waals surface area contributed by atoms with Gasteiger partial charge in [-0.1, -0.05) is 170 Å². The van der Waals surface area contributed by atoms with Crippen molar-refractivity contribution in [3.8, 4) is 34.2 Å². The molecule has 0 aliphatic heterocycles. The molecular weight excluding hydrogens is 769 g/mol. The van der Waals surface area contributed by atoms with E-state index < -0.39 is 0 Å². The minimum Gasteiger partial charge on any atom is -0.455 e. The maximum atomic E-state index is 6.60. The largest absolute Gasteiger partial charge is 0.455 e. The van der Waals surface area contributed by atoms with Crippen molar-refractivity contribution in [2.24, 2.45) is 0 Å². The van der Waals surface area contributed by atoms with Crippen LogP contribution in [0.1, 0.15) is 11.1 Å². The fourth-order valence-corrected chi connectivity index (χ4v) is 9.85. The summed E-state index contributed by atoms with van der Waals surface area (Å²) in [5.41, 5.74) is 13.1. The lowest BCUT2D eigenvalue weighted by Gasteiger charge is -2.14. The number of aromatic nitrogens is 4.